The molecule has 0 heterocycles. The molecule has 6 heteroatoms. The van der Waals surface area contributed by atoms with E-state index in [4.69, 9.17) is 6.42 Å². The number of hydrogen-bond donors (Lipinski definition) is 2. The van der Waals surface area contributed by atoms with Crippen molar-refractivity contribution in [3.8, 4) is 12.3 Å². The van der Waals surface area contributed by atoms with Gasteiger partial charge in [0.1, 0.15) is 0 Å². The van der Waals surface area contributed by atoms with Crippen LogP contribution in [-0.4, -0.2) is 17.0 Å². The highest BCUT2D eigenvalue weighted by Crippen LogP contribution is 2.15. The predicted molar refractivity (Wildman–Crippen MR) is 68.2 cm³/mol. The number of nitro groups is 1. The third-order valence-corrected chi connectivity index (χ3v) is 2.14. The Labute approximate surface area is 105 Å². The fourth-order valence-electron chi connectivity index (χ4n) is 1.29. The predicted octanol–water partition coefficient (Wildman–Crippen LogP) is 2.13. The van der Waals surface area contributed by atoms with Gasteiger partial charge in [0, 0.05) is 30.3 Å². The summed E-state index contributed by atoms with van der Waals surface area (Å²) in [5.41, 5.74) is 0.452. The zero-order valence-electron chi connectivity index (χ0n) is 9.84. The number of carbonyl (C=O) groups excluding carboxylic acids is 1. The monoisotopic (exact) mass is 247 g/mol. The van der Waals surface area contributed by atoms with Crippen LogP contribution in [0.1, 0.15) is 13.3 Å². The molecule has 1 aromatic rings. The van der Waals surface area contributed by atoms with E-state index in [0.29, 0.717) is 12.1 Å². The molecule has 1 aromatic carbocycles. The molecule has 0 aliphatic carbocycles. The molecule has 0 aliphatic heterocycles. The number of urea groups is 1. The van der Waals surface area contributed by atoms with Crippen molar-refractivity contribution in [2.24, 2.45) is 0 Å². The van der Waals surface area contributed by atoms with E-state index in [1.807, 2.05) is 0 Å². The SMILES string of the molecule is C#CCC(C)NC(=O)Nc1ccc([N+](=O)[O-])cc1. The molecule has 2 N–H and O–H groups in total. The maximum atomic E-state index is 11.5. The van der Waals surface area contributed by atoms with Crippen molar-refractivity contribution >= 4 is 17.4 Å². The lowest BCUT2D eigenvalue weighted by atomic mass is 10.2. The molecule has 0 saturated carbocycles. The Morgan fingerprint density at radius 3 is 2.61 bits per heavy atom. The Bertz CT molecular complexity index is 476. The Kier molecular flexibility index (Phi) is 4.69. The lowest BCUT2D eigenvalue weighted by molar-refractivity contribution is -0.384. The first-order valence-corrected chi connectivity index (χ1v) is 5.28. The highest BCUT2D eigenvalue weighted by atomic mass is 16.6. The summed E-state index contributed by atoms with van der Waals surface area (Å²) in [5.74, 6) is 2.44. The van der Waals surface area contributed by atoms with Gasteiger partial charge in [-0.05, 0) is 19.1 Å². The molecule has 18 heavy (non-hydrogen) atoms. The zero-order valence-corrected chi connectivity index (χ0v) is 9.84. The Morgan fingerprint density at radius 1 is 1.50 bits per heavy atom. The van der Waals surface area contributed by atoms with Gasteiger partial charge < -0.3 is 10.6 Å². The minimum atomic E-state index is -0.501. The second-order valence-corrected chi connectivity index (χ2v) is 3.71. The molecule has 1 atom stereocenters. The van der Waals surface area contributed by atoms with E-state index in [2.05, 4.69) is 16.6 Å². The van der Waals surface area contributed by atoms with Gasteiger partial charge in [-0.25, -0.2) is 4.79 Å². The quantitative estimate of drug-likeness (QED) is 0.485. The number of benzene rings is 1. The van der Waals surface area contributed by atoms with Crippen LogP contribution in [0.15, 0.2) is 24.3 Å². The molecule has 0 bridgehead atoms. The number of hydrogen-bond acceptors (Lipinski definition) is 3. The summed E-state index contributed by atoms with van der Waals surface area (Å²) < 4.78 is 0. The molecular formula is C12H13N3O3. The third-order valence-electron chi connectivity index (χ3n) is 2.14. The van der Waals surface area contributed by atoms with Crippen LogP contribution in [0.3, 0.4) is 0 Å². The van der Waals surface area contributed by atoms with E-state index in [-0.39, 0.29) is 11.7 Å². The zero-order chi connectivity index (χ0) is 13.5. The van der Waals surface area contributed by atoms with Gasteiger partial charge in [-0.1, -0.05) is 0 Å². The standard InChI is InChI=1S/C12H13N3O3/c1-3-4-9(2)13-12(16)14-10-5-7-11(8-6-10)15(17)18/h1,5-9H,4H2,2H3,(H2,13,14,16). The summed E-state index contributed by atoms with van der Waals surface area (Å²) in [5, 5.41) is 15.6. The average molecular weight is 247 g/mol. The van der Waals surface area contributed by atoms with Gasteiger partial charge in [-0.3, -0.25) is 10.1 Å². The maximum absolute atomic E-state index is 11.5. The summed E-state index contributed by atoms with van der Waals surface area (Å²) in [7, 11) is 0. The minimum Gasteiger partial charge on any atom is -0.334 e. The largest absolute Gasteiger partial charge is 0.334 e. The summed E-state index contributed by atoms with van der Waals surface area (Å²) in [6.45, 7) is 1.79. The molecular weight excluding hydrogens is 234 g/mol. The second-order valence-electron chi connectivity index (χ2n) is 3.71. The van der Waals surface area contributed by atoms with E-state index in [0.717, 1.165) is 0 Å². The molecule has 0 saturated heterocycles. The van der Waals surface area contributed by atoms with Crippen LogP contribution in [0.25, 0.3) is 0 Å². The highest BCUT2D eigenvalue weighted by Gasteiger charge is 2.08. The lowest BCUT2D eigenvalue weighted by Gasteiger charge is -2.11. The molecule has 0 aliphatic rings. The molecule has 1 unspecified atom stereocenters. The van der Waals surface area contributed by atoms with Crippen LogP contribution < -0.4 is 10.6 Å². The number of terminal acetylenes is 1. The first-order chi connectivity index (χ1) is 8.52. The first-order valence-electron chi connectivity index (χ1n) is 5.28. The van der Waals surface area contributed by atoms with Crippen LogP contribution >= 0.6 is 0 Å². The van der Waals surface area contributed by atoms with Crippen molar-refractivity contribution in [3.05, 3.63) is 34.4 Å². The smallest absolute Gasteiger partial charge is 0.319 e. The van der Waals surface area contributed by atoms with E-state index < -0.39 is 11.0 Å². The second kappa shape index (κ2) is 6.25. The number of nitrogens with zero attached hydrogens (tertiary/aromatic N) is 1. The van der Waals surface area contributed by atoms with Gasteiger partial charge >= 0.3 is 6.03 Å². The summed E-state index contributed by atoms with van der Waals surface area (Å²) in [6, 6.07) is 5.04. The van der Waals surface area contributed by atoms with E-state index in [9.17, 15) is 14.9 Å². The normalized spacial score (nSPS) is 11.1. The van der Waals surface area contributed by atoms with Crippen molar-refractivity contribution in [2.45, 2.75) is 19.4 Å². The number of anilines is 1. The fraction of sp³-hybridized carbons (Fsp3) is 0.250. The van der Waals surface area contributed by atoms with Crippen LogP contribution in [-0.2, 0) is 0 Å². The fourth-order valence-corrected chi connectivity index (χ4v) is 1.29. The van der Waals surface area contributed by atoms with Crippen LogP contribution in [0, 0.1) is 22.5 Å². The molecule has 0 aromatic heterocycles. The van der Waals surface area contributed by atoms with Crippen LogP contribution in [0.5, 0.6) is 0 Å². The molecule has 0 fully saturated rings. The van der Waals surface area contributed by atoms with Gasteiger partial charge in [0.2, 0.25) is 0 Å². The number of nitrogens with one attached hydrogen (secondary N) is 2. The van der Waals surface area contributed by atoms with Gasteiger partial charge in [0.25, 0.3) is 5.69 Å². The Hall–Kier alpha value is -2.55. The number of non-ortho nitro benzene ring substituents is 1. The third kappa shape index (κ3) is 4.14. The topological polar surface area (TPSA) is 84.3 Å². The molecule has 0 radical (unpaired) electrons. The number of carbonyl (C=O) groups is 1. The first kappa shape index (κ1) is 13.5. The van der Waals surface area contributed by atoms with Gasteiger partial charge in [-0.2, -0.15) is 0 Å². The summed E-state index contributed by atoms with van der Waals surface area (Å²) in [6.07, 6.45) is 5.56. The summed E-state index contributed by atoms with van der Waals surface area (Å²) in [4.78, 5) is 21.4. The number of amides is 2. The molecule has 6 nitrogen and oxygen atoms in total. The van der Waals surface area contributed by atoms with E-state index in [1.165, 1.54) is 24.3 Å². The van der Waals surface area contributed by atoms with Crippen molar-refractivity contribution < 1.29 is 9.72 Å². The van der Waals surface area contributed by atoms with Gasteiger partial charge in [0.05, 0.1) is 4.92 Å². The van der Waals surface area contributed by atoms with Gasteiger partial charge in [0.15, 0.2) is 0 Å². The molecule has 1 rings (SSSR count). The van der Waals surface area contributed by atoms with Crippen molar-refractivity contribution in [1.82, 2.24) is 5.32 Å². The molecule has 0 spiro atoms. The lowest BCUT2D eigenvalue weighted by Crippen LogP contribution is -2.35. The maximum Gasteiger partial charge on any atom is 0.319 e. The van der Waals surface area contributed by atoms with Crippen LogP contribution in [0.4, 0.5) is 16.2 Å². The van der Waals surface area contributed by atoms with Crippen molar-refractivity contribution in [3.63, 3.8) is 0 Å². The van der Waals surface area contributed by atoms with Gasteiger partial charge in [-0.15, -0.1) is 12.3 Å². The highest BCUT2D eigenvalue weighted by molar-refractivity contribution is 5.89. The average Bonchev–Trinajstić information content (AvgIpc) is 2.29. The van der Waals surface area contributed by atoms with E-state index in [1.54, 1.807) is 6.92 Å². The Balaban J connectivity index is 2.55. The van der Waals surface area contributed by atoms with Crippen molar-refractivity contribution in [1.29, 1.82) is 0 Å². The molecule has 2 amide bonds. The van der Waals surface area contributed by atoms with E-state index >= 15 is 0 Å². The number of rotatable bonds is 4. The van der Waals surface area contributed by atoms with Crippen molar-refractivity contribution in [2.75, 3.05) is 5.32 Å². The summed E-state index contributed by atoms with van der Waals surface area (Å²) >= 11 is 0. The van der Waals surface area contributed by atoms with Crippen LogP contribution in [0.2, 0.25) is 0 Å². The minimum absolute atomic E-state index is 0.0262. The molecule has 94 valence electrons. The Morgan fingerprint density at radius 2 is 2.11 bits per heavy atom. The number of nitro benzene ring substituents is 1.